The van der Waals surface area contributed by atoms with Crippen LogP contribution in [0.4, 0.5) is 11.8 Å². The maximum atomic E-state index is 13.6. The van der Waals surface area contributed by atoms with Crippen molar-refractivity contribution in [1.82, 2.24) is 39.0 Å². The molecule has 0 radical (unpaired) electrons. The molecule has 0 saturated carbocycles. The Morgan fingerprint density at radius 2 is 1.49 bits per heavy atom. The minimum atomic E-state index is -5.91. The Kier molecular flexibility index (Phi) is 11.6. The fourth-order valence-corrected chi connectivity index (χ4v) is 10.2. The molecule has 0 amide bonds. The number of H-pyrrole nitrogens is 1. The molecule has 0 spiro atoms. The second-order valence-corrected chi connectivity index (χ2v) is 18.1. The second-order valence-electron chi connectivity index (χ2n) is 11.8. The van der Waals surface area contributed by atoms with Gasteiger partial charge in [-0.3, -0.25) is 32.5 Å². The molecule has 0 aliphatic carbocycles. The van der Waals surface area contributed by atoms with E-state index in [1.165, 1.54) is 10.9 Å². The average Bonchev–Trinajstić information content (AvgIpc) is 3.82. The lowest BCUT2D eigenvalue weighted by molar-refractivity contribution is -0.0577. The van der Waals surface area contributed by atoms with Crippen LogP contribution in [0.15, 0.2) is 23.8 Å². The van der Waals surface area contributed by atoms with Crippen LogP contribution in [0.25, 0.3) is 22.3 Å². The van der Waals surface area contributed by atoms with Crippen LogP contribution in [0, 0.1) is 0 Å². The number of hydrogen-bond donors (Lipinski definition) is 10. The number of nitrogens with two attached hydrogens (primary N) is 2. The highest BCUT2D eigenvalue weighted by molar-refractivity contribution is 7.66. The van der Waals surface area contributed by atoms with Crippen molar-refractivity contribution >= 4 is 65.2 Å². The van der Waals surface area contributed by atoms with Crippen molar-refractivity contribution in [2.45, 2.75) is 55.5 Å². The molecule has 6 heterocycles. The first-order chi connectivity index (χ1) is 25.6. The number of aromatic amines is 1. The topological polar surface area (TPSA) is 434 Å². The molecule has 11 atom stereocenters. The van der Waals surface area contributed by atoms with E-state index < -0.39 is 105 Å². The average molecular weight is 864 g/mol. The number of nitrogens with zero attached hydrogens (tertiary/aromatic N) is 7. The summed E-state index contributed by atoms with van der Waals surface area (Å²) in [5.74, 6) is -0.305. The van der Waals surface area contributed by atoms with Crippen molar-refractivity contribution < 1.29 is 84.8 Å². The smallest absolute Gasteiger partial charge is 0.388 e. The zero-order chi connectivity index (χ0) is 40.2. The normalized spacial score (nSPS) is 29.4. The number of aromatic nitrogens is 8. The number of nitrogen functional groups attached to an aromatic ring is 2. The molecule has 2 saturated heterocycles. The standard InChI is InChI=1S/C22H32N10O19P4/c1-45-15-14(49-52(36,37)3-2-8-12(33)13(34)20(47-8)32-7-28-11-18(32)29-22(24)30-19(11)35)9(4-46-54(41,42)51-55(43,44)50-53(38,39)40)48-21(15)31-6-27-10-16(23)25-5-26-17(10)31/h5-9,12-15,20-21,33-34H,2-4H2,1H3,(H,36,37)(H,41,42)(H,43,44)(H2,23,25,26)(H2,38,39,40)(H3,24,29,30,35)/t8-,9-,12-,13-,14-,15-,20-,21-/m1/s1. The van der Waals surface area contributed by atoms with E-state index in [-0.39, 0.29) is 34.1 Å². The zero-order valence-electron chi connectivity index (χ0n) is 27.6. The summed E-state index contributed by atoms with van der Waals surface area (Å²) in [5, 5.41) is 21.6. The molecule has 2 aliphatic rings. The van der Waals surface area contributed by atoms with Crippen LogP contribution in [-0.4, -0.2) is 130 Å². The minimum absolute atomic E-state index is 0.0356. The van der Waals surface area contributed by atoms with Crippen LogP contribution >= 0.6 is 31.1 Å². The summed E-state index contributed by atoms with van der Waals surface area (Å²) in [6.45, 7) is -1.13. The van der Waals surface area contributed by atoms with Gasteiger partial charge in [-0.1, -0.05) is 0 Å². The largest absolute Gasteiger partial charge is 0.490 e. The number of anilines is 2. The summed E-state index contributed by atoms with van der Waals surface area (Å²) in [5.41, 5.74) is 10.8. The first-order valence-corrected chi connectivity index (χ1v) is 21.5. The van der Waals surface area contributed by atoms with E-state index in [1.54, 1.807) is 0 Å². The Bertz CT molecular complexity index is 2320. The van der Waals surface area contributed by atoms with Crippen molar-refractivity contribution in [3.63, 3.8) is 0 Å². The first-order valence-electron chi connectivity index (χ1n) is 15.2. The van der Waals surface area contributed by atoms with Gasteiger partial charge in [0.15, 0.2) is 35.1 Å². The third-order valence-electron chi connectivity index (χ3n) is 8.08. The molecule has 12 N–H and O–H groups in total. The predicted octanol–water partition coefficient (Wildman–Crippen LogP) is -2.04. The van der Waals surface area contributed by atoms with Gasteiger partial charge in [-0.2, -0.15) is 13.6 Å². The quantitative estimate of drug-likeness (QED) is 0.0575. The monoisotopic (exact) mass is 864 g/mol. The Morgan fingerprint density at radius 1 is 0.836 bits per heavy atom. The highest BCUT2D eigenvalue weighted by Gasteiger charge is 2.52. The van der Waals surface area contributed by atoms with E-state index in [0.29, 0.717) is 0 Å². The number of phosphoric acid groups is 3. The number of imidazole rings is 2. The molecule has 55 heavy (non-hydrogen) atoms. The summed E-state index contributed by atoms with van der Waals surface area (Å²) >= 11 is 0. The Morgan fingerprint density at radius 3 is 2.16 bits per heavy atom. The SMILES string of the molecule is CO[C@@H]1[C@H](OP(=O)(O)CC[C@H]2O[C@@H](n3cnc4c(=O)[nH]c(N)nc43)[C@H](O)[C@@H]2O)[C@@H](COP(=O)(O)OP(=O)(O)OP(=O)(O)O)O[C@H]1n1cnc2c(N)ncnc21. The fraction of sp³-hybridized carbons (Fsp3) is 0.545. The van der Waals surface area contributed by atoms with Gasteiger partial charge in [0.1, 0.15) is 42.4 Å². The molecule has 4 aromatic heterocycles. The van der Waals surface area contributed by atoms with Gasteiger partial charge in [-0.25, -0.2) is 33.6 Å². The van der Waals surface area contributed by atoms with Gasteiger partial charge in [-0.15, -0.1) is 0 Å². The highest BCUT2D eigenvalue weighted by atomic mass is 31.3. The van der Waals surface area contributed by atoms with Crippen LogP contribution < -0.4 is 17.0 Å². The molecule has 0 aromatic carbocycles. The molecular weight excluding hydrogens is 832 g/mol. The minimum Gasteiger partial charge on any atom is -0.388 e. The fourth-order valence-electron chi connectivity index (χ4n) is 5.83. The lowest BCUT2D eigenvalue weighted by Gasteiger charge is -2.26. The number of aliphatic hydroxyl groups excluding tert-OH is 2. The van der Waals surface area contributed by atoms with E-state index in [0.717, 1.165) is 24.3 Å². The highest BCUT2D eigenvalue weighted by Crippen LogP contribution is 2.66. The van der Waals surface area contributed by atoms with Crippen molar-refractivity contribution in [2.75, 3.05) is 31.3 Å². The van der Waals surface area contributed by atoms with Crippen molar-refractivity contribution in [3.8, 4) is 0 Å². The second kappa shape index (κ2) is 15.3. The number of rotatable bonds is 15. The molecule has 33 heteroatoms. The van der Waals surface area contributed by atoms with Gasteiger partial charge in [0.2, 0.25) is 5.95 Å². The number of ether oxygens (including phenoxy) is 3. The van der Waals surface area contributed by atoms with E-state index in [1.807, 2.05) is 0 Å². The van der Waals surface area contributed by atoms with Gasteiger partial charge in [-0.05, 0) is 6.42 Å². The maximum Gasteiger partial charge on any atom is 0.490 e. The molecule has 2 aliphatic heterocycles. The lowest BCUT2D eigenvalue weighted by atomic mass is 10.1. The van der Waals surface area contributed by atoms with Gasteiger partial charge >= 0.3 is 31.1 Å². The van der Waals surface area contributed by atoms with E-state index in [9.17, 15) is 47.9 Å². The van der Waals surface area contributed by atoms with Gasteiger partial charge in [0, 0.05) is 7.11 Å². The first kappa shape index (κ1) is 41.5. The van der Waals surface area contributed by atoms with Crippen LogP contribution in [0.2, 0.25) is 0 Å². The van der Waals surface area contributed by atoms with Crippen LogP contribution in [0.1, 0.15) is 18.9 Å². The number of hydrogen-bond acceptors (Lipinski definition) is 21. The summed E-state index contributed by atoms with van der Waals surface area (Å²) in [7, 11) is -21.0. The van der Waals surface area contributed by atoms with E-state index in [4.69, 9.17) is 44.5 Å². The lowest BCUT2D eigenvalue weighted by Crippen LogP contribution is -2.37. The Hall–Kier alpha value is -3.14. The molecule has 0 bridgehead atoms. The molecule has 6 rings (SSSR count). The number of nitrogens with one attached hydrogen (secondary N) is 1. The van der Waals surface area contributed by atoms with Gasteiger partial charge < -0.3 is 60.4 Å². The summed E-state index contributed by atoms with van der Waals surface area (Å²) < 4.78 is 86.4. The Labute approximate surface area is 305 Å². The van der Waals surface area contributed by atoms with Gasteiger partial charge in [0.25, 0.3) is 5.56 Å². The zero-order valence-corrected chi connectivity index (χ0v) is 31.2. The van der Waals surface area contributed by atoms with E-state index in [2.05, 4.69) is 38.5 Å². The summed E-state index contributed by atoms with van der Waals surface area (Å²) in [6.07, 6.45) is -9.89. The molecule has 29 nitrogen and oxygen atoms in total. The molecular formula is C22H32N10O19P4. The third kappa shape index (κ3) is 9.05. The number of methoxy groups -OCH3 is 1. The molecule has 3 unspecified atom stereocenters. The van der Waals surface area contributed by atoms with Crippen LogP contribution in [-0.2, 0) is 50.1 Å². The van der Waals surface area contributed by atoms with Gasteiger partial charge in [0.05, 0.1) is 31.5 Å². The van der Waals surface area contributed by atoms with Crippen LogP contribution in [0.5, 0.6) is 0 Å². The number of fused-ring (bicyclic) bond motifs is 2. The molecule has 304 valence electrons. The van der Waals surface area contributed by atoms with E-state index >= 15 is 0 Å². The van der Waals surface area contributed by atoms with Crippen LogP contribution in [0.3, 0.4) is 0 Å². The number of aliphatic hydroxyl groups is 2. The molecule has 4 aromatic rings. The van der Waals surface area contributed by atoms with Crippen molar-refractivity contribution in [2.24, 2.45) is 0 Å². The molecule has 2 fully saturated rings. The summed E-state index contributed by atoms with van der Waals surface area (Å²) in [6, 6.07) is 0. The third-order valence-corrected chi connectivity index (χ3v) is 13.3. The van der Waals surface area contributed by atoms with Crippen molar-refractivity contribution in [3.05, 3.63) is 29.3 Å². The Balaban J connectivity index is 1.21. The predicted molar refractivity (Wildman–Crippen MR) is 177 cm³/mol. The van der Waals surface area contributed by atoms with Crippen molar-refractivity contribution in [1.29, 1.82) is 0 Å². The number of phosphoric ester groups is 1. The maximum absolute atomic E-state index is 13.6. The summed E-state index contributed by atoms with van der Waals surface area (Å²) in [4.78, 5) is 82.7.